The fourth-order valence-electron chi connectivity index (χ4n) is 3.90. The fraction of sp³-hybridized carbons (Fsp3) is 0.364. The van der Waals surface area contributed by atoms with Gasteiger partial charge in [0.1, 0.15) is 11.8 Å². The predicted molar refractivity (Wildman–Crippen MR) is 117 cm³/mol. The first-order chi connectivity index (χ1) is 14.7. The van der Waals surface area contributed by atoms with E-state index in [0.29, 0.717) is 35.5 Å². The number of anilines is 2. The molecule has 9 heteroatoms. The number of nitrogens with one attached hydrogen (secondary N) is 2. The molecule has 2 aliphatic heterocycles. The van der Waals surface area contributed by atoms with Gasteiger partial charge in [-0.05, 0) is 57.4 Å². The maximum absolute atomic E-state index is 13.5. The molecule has 2 heterocycles. The molecule has 0 aromatic heterocycles. The monoisotopic (exact) mass is 443 g/mol. The molecule has 2 aromatic carbocycles. The molecule has 0 spiro atoms. The average Bonchev–Trinajstić information content (AvgIpc) is 3.21. The van der Waals surface area contributed by atoms with E-state index in [1.807, 2.05) is 19.1 Å². The molecule has 31 heavy (non-hydrogen) atoms. The van der Waals surface area contributed by atoms with Gasteiger partial charge in [-0.1, -0.05) is 17.7 Å². The van der Waals surface area contributed by atoms with Crippen LogP contribution in [0, 0.1) is 13.8 Å². The Bertz CT molecular complexity index is 1140. The number of rotatable bonds is 4. The number of fused-ring (bicyclic) bond motifs is 1. The molecule has 1 saturated heterocycles. The Morgan fingerprint density at radius 3 is 2.61 bits per heavy atom. The van der Waals surface area contributed by atoms with E-state index in [0.717, 1.165) is 5.56 Å². The molecule has 0 aliphatic carbocycles. The van der Waals surface area contributed by atoms with E-state index in [1.165, 1.54) is 10.4 Å². The highest BCUT2D eigenvalue weighted by Gasteiger charge is 2.40. The summed E-state index contributed by atoms with van der Waals surface area (Å²) in [6.07, 6.45) is 0.328. The summed E-state index contributed by atoms with van der Waals surface area (Å²) in [5, 5.41) is 5.54. The highest BCUT2D eigenvalue weighted by atomic mass is 32.2. The van der Waals surface area contributed by atoms with E-state index < -0.39 is 22.2 Å². The van der Waals surface area contributed by atoms with Gasteiger partial charge in [-0.3, -0.25) is 9.59 Å². The number of hydrogen-bond donors (Lipinski definition) is 2. The van der Waals surface area contributed by atoms with Crippen LogP contribution in [0.2, 0.25) is 0 Å². The van der Waals surface area contributed by atoms with Crippen molar-refractivity contribution in [3.8, 4) is 5.75 Å². The largest absolute Gasteiger partial charge is 0.479 e. The predicted octanol–water partition coefficient (Wildman–Crippen LogP) is 2.81. The van der Waals surface area contributed by atoms with Crippen molar-refractivity contribution in [1.29, 1.82) is 0 Å². The van der Waals surface area contributed by atoms with E-state index in [1.54, 1.807) is 32.0 Å². The van der Waals surface area contributed by atoms with Crippen molar-refractivity contribution in [2.24, 2.45) is 0 Å². The lowest BCUT2D eigenvalue weighted by Gasteiger charge is -2.27. The summed E-state index contributed by atoms with van der Waals surface area (Å²) < 4.78 is 33.8. The van der Waals surface area contributed by atoms with Crippen LogP contribution in [0.3, 0.4) is 0 Å². The third kappa shape index (κ3) is 4.03. The SMILES string of the molecule is Cc1ccc(NC(=O)[C@@H]2CCCN2S(=O)(=O)c2cc3c(cc2C)NC(=O)[C@H](C)O3)cc1. The molecular weight excluding hydrogens is 418 g/mol. The van der Waals surface area contributed by atoms with Crippen LogP contribution in [-0.4, -0.2) is 43.2 Å². The number of amides is 2. The summed E-state index contributed by atoms with van der Waals surface area (Å²) >= 11 is 0. The zero-order valence-electron chi connectivity index (χ0n) is 17.6. The van der Waals surface area contributed by atoms with Crippen LogP contribution in [-0.2, 0) is 19.6 Å². The number of ether oxygens (including phenoxy) is 1. The van der Waals surface area contributed by atoms with Gasteiger partial charge in [0, 0.05) is 18.3 Å². The molecule has 8 nitrogen and oxygen atoms in total. The highest BCUT2D eigenvalue weighted by Crippen LogP contribution is 2.37. The van der Waals surface area contributed by atoms with Gasteiger partial charge in [-0.2, -0.15) is 4.31 Å². The topological polar surface area (TPSA) is 105 Å². The van der Waals surface area contributed by atoms with Crippen molar-refractivity contribution >= 4 is 33.2 Å². The normalized spacial score (nSPS) is 21.2. The van der Waals surface area contributed by atoms with Crippen molar-refractivity contribution in [1.82, 2.24) is 4.31 Å². The van der Waals surface area contributed by atoms with Crippen molar-refractivity contribution in [2.45, 2.75) is 50.7 Å². The summed E-state index contributed by atoms with van der Waals surface area (Å²) in [5.74, 6) is -0.330. The van der Waals surface area contributed by atoms with Crippen molar-refractivity contribution < 1.29 is 22.7 Å². The van der Waals surface area contributed by atoms with Gasteiger partial charge in [-0.15, -0.1) is 0 Å². The van der Waals surface area contributed by atoms with E-state index >= 15 is 0 Å². The van der Waals surface area contributed by atoms with Crippen LogP contribution in [0.5, 0.6) is 5.75 Å². The van der Waals surface area contributed by atoms with Gasteiger partial charge in [0.25, 0.3) is 5.91 Å². The summed E-state index contributed by atoms with van der Waals surface area (Å²) in [6, 6.07) is 9.58. The zero-order chi connectivity index (χ0) is 22.3. The lowest BCUT2D eigenvalue weighted by molar-refractivity contribution is -0.122. The van der Waals surface area contributed by atoms with Crippen LogP contribution < -0.4 is 15.4 Å². The molecular formula is C22H25N3O5S. The van der Waals surface area contributed by atoms with Crippen LogP contribution in [0.4, 0.5) is 11.4 Å². The number of carbonyl (C=O) groups is 2. The second kappa shape index (κ2) is 7.97. The van der Waals surface area contributed by atoms with Crippen LogP contribution in [0.15, 0.2) is 41.3 Å². The molecule has 0 bridgehead atoms. The quantitative estimate of drug-likeness (QED) is 0.756. The van der Waals surface area contributed by atoms with Gasteiger partial charge in [0.05, 0.1) is 10.6 Å². The Morgan fingerprint density at radius 1 is 1.19 bits per heavy atom. The third-order valence-corrected chi connectivity index (χ3v) is 7.67. The number of hydrogen-bond acceptors (Lipinski definition) is 5. The molecule has 164 valence electrons. The van der Waals surface area contributed by atoms with Crippen molar-refractivity contribution in [3.63, 3.8) is 0 Å². The molecule has 2 aliphatic rings. The smallest absolute Gasteiger partial charge is 0.265 e. The van der Waals surface area contributed by atoms with E-state index in [4.69, 9.17) is 4.74 Å². The Kier molecular flexibility index (Phi) is 5.49. The first-order valence-electron chi connectivity index (χ1n) is 10.2. The minimum Gasteiger partial charge on any atom is -0.479 e. The average molecular weight is 444 g/mol. The maximum Gasteiger partial charge on any atom is 0.265 e. The van der Waals surface area contributed by atoms with Crippen molar-refractivity contribution in [2.75, 3.05) is 17.2 Å². The molecule has 2 N–H and O–H groups in total. The molecule has 2 aromatic rings. The first kappa shape index (κ1) is 21.3. The molecule has 0 unspecified atom stereocenters. The Hall–Kier alpha value is -2.91. The van der Waals surface area contributed by atoms with Gasteiger partial charge in [-0.25, -0.2) is 8.42 Å². The molecule has 0 radical (unpaired) electrons. The number of sulfonamides is 1. The van der Waals surface area contributed by atoms with Gasteiger partial charge in [0.15, 0.2) is 6.10 Å². The summed E-state index contributed by atoms with van der Waals surface area (Å²) in [5.41, 5.74) is 2.61. The second-order valence-corrected chi connectivity index (χ2v) is 9.85. The Labute approximate surface area is 181 Å². The highest BCUT2D eigenvalue weighted by molar-refractivity contribution is 7.89. The number of benzene rings is 2. The van der Waals surface area contributed by atoms with Gasteiger partial charge in [0.2, 0.25) is 15.9 Å². The van der Waals surface area contributed by atoms with E-state index in [2.05, 4.69) is 10.6 Å². The zero-order valence-corrected chi connectivity index (χ0v) is 18.5. The molecule has 2 atom stereocenters. The van der Waals surface area contributed by atoms with Gasteiger partial charge < -0.3 is 15.4 Å². The standard InChI is InChI=1S/C22H25N3O5S/c1-13-6-8-16(9-7-13)23-22(27)18-5-4-10-25(18)31(28,29)20-12-19-17(11-14(20)2)24-21(26)15(3)30-19/h6-9,11-12,15,18H,4-5,10H2,1-3H3,(H,23,27)(H,24,26)/t15-,18-/m0/s1. The van der Waals surface area contributed by atoms with E-state index in [-0.39, 0.29) is 23.3 Å². The van der Waals surface area contributed by atoms with Crippen LogP contribution >= 0.6 is 0 Å². The molecule has 0 saturated carbocycles. The summed E-state index contributed by atoms with van der Waals surface area (Å²) in [6.45, 7) is 5.47. The fourth-order valence-corrected chi connectivity index (χ4v) is 5.78. The maximum atomic E-state index is 13.5. The molecule has 2 amide bonds. The second-order valence-electron chi connectivity index (χ2n) is 7.99. The minimum absolute atomic E-state index is 0.0737. The number of carbonyl (C=O) groups excluding carboxylic acids is 2. The van der Waals surface area contributed by atoms with Gasteiger partial charge >= 0.3 is 0 Å². The summed E-state index contributed by atoms with van der Waals surface area (Å²) in [7, 11) is -3.95. The first-order valence-corrected chi connectivity index (χ1v) is 11.6. The lowest BCUT2D eigenvalue weighted by Crippen LogP contribution is -2.43. The van der Waals surface area contributed by atoms with Crippen LogP contribution in [0.1, 0.15) is 30.9 Å². The van der Waals surface area contributed by atoms with E-state index in [9.17, 15) is 18.0 Å². The number of aryl methyl sites for hydroxylation is 2. The Morgan fingerprint density at radius 2 is 1.90 bits per heavy atom. The minimum atomic E-state index is -3.95. The Balaban J connectivity index is 1.62. The number of nitrogens with zero attached hydrogens (tertiary/aromatic N) is 1. The summed E-state index contributed by atoms with van der Waals surface area (Å²) in [4.78, 5) is 24.8. The third-order valence-electron chi connectivity index (χ3n) is 5.62. The molecule has 4 rings (SSSR count). The van der Waals surface area contributed by atoms with Crippen LogP contribution in [0.25, 0.3) is 0 Å². The van der Waals surface area contributed by atoms with Crippen molar-refractivity contribution in [3.05, 3.63) is 47.5 Å². The molecule has 1 fully saturated rings. The lowest BCUT2D eigenvalue weighted by atomic mass is 10.1.